The van der Waals surface area contributed by atoms with Gasteiger partial charge in [-0.3, -0.25) is 19.3 Å². The van der Waals surface area contributed by atoms with Crippen molar-refractivity contribution in [1.29, 1.82) is 0 Å². The summed E-state index contributed by atoms with van der Waals surface area (Å²) in [5, 5.41) is 2.81. The van der Waals surface area contributed by atoms with Crippen molar-refractivity contribution in [2.45, 2.75) is 32.8 Å². The predicted molar refractivity (Wildman–Crippen MR) is 137 cm³/mol. The van der Waals surface area contributed by atoms with Gasteiger partial charge in [-0.25, -0.2) is 0 Å². The molecule has 1 fully saturated rings. The van der Waals surface area contributed by atoms with E-state index in [2.05, 4.69) is 5.32 Å². The number of aryl methyl sites for hydroxylation is 2. The number of hydrogen-bond donors (Lipinski definition) is 1. The van der Waals surface area contributed by atoms with Crippen LogP contribution in [0.3, 0.4) is 0 Å². The minimum absolute atomic E-state index is 0.109. The zero-order valence-corrected chi connectivity index (χ0v) is 20.8. The third kappa shape index (κ3) is 5.49. The fraction of sp³-hybridized carbons (Fsp3) is 0.276. The van der Waals surface area contributed by atoms with Crippen LogP contribution in [0.2, 0.25) is 0 Å². The van der Waals surface area contributed by atoms with Crippen molar-refractivity contribution < 1.29 is 28.6 Å². The lowest BCUT2D eigenvalue weighted by Crippen LogP contribution is -2.36. The number of carbonyl (C=O) groups is 3. The van der Waals surface area contributed by atoms with Crippen LogP contribution in [0, 0.1) is 13.8 Å². The molecule has 190 valence electrons. The lowest BCUT2D eigenvalue weighted by atomic mass is 10.1. The van der Waals surface area contributed by atoms with Crippen LogP contribution in [0.25, 0.3) is 0 Å². The summed E-state index contributed by atoms with van der Waals surface area (Å²) in [6.07, 6.45) is 1.67. The summed E-state index contributed by atoms with van der Waals surface area (Å²) in [4.78, 5) is 39.4. The van der Waals surface area contributed by atoms with E-state index in [0.29, 0.717) is 40.7 Å². The van der Waals surface area contributed by atoms with Crippen LogP contribution in [0.1, 0.15) is 44.7 Å². The van der Waals surface area contributed by atoms with E-state index in [1.165, 1.54) is 4.90 Å². The van der Waals surface area contributed by atoms with Gasteiger partial charge in [0.1, 0.15) is 17.2 Å². The van der Waals surface area contributed by atoms with E-state index < -0.39 is 0 Å². The second kappa shape index (κ2) is 10.4. The van der Waals surface area contributed by atoms with Crippen LogP contribution in [0.4, 0.5) is 5.69 Å². The van der Waals surface area contributed by atoms with Crippen LogP contribution >= 0.6 is 0 Å². The van der Waals surface area contributed by atoms with Gasteiger partial charge in [-0.1, -0.05) is 18.2 Å². The number of nitrogens with one attached hydrogen (secondary N) is 1. The fourth-order valence-electron chi connectivity index (χ4n) is 4.47. The minimum atomic E-state index is -0.342. The van der Waals surface area contributed by atoms with Gasteiger partial charge in [0.05, 0.1) is 23.8 Å². The summed E-state index contributed by atoms with van der Waals surface area (Å²) >= 11 is 0. The van der Waals surface area contributed by atoms with Crippen LogP contribution in [-0.4, -0.2) is 48.5 Å². The quantitative estimate of drug-likeness (QED) is 0.443. The molecule has 3 aromatic carbocycles. The van der Waals surface area contributed by atoms with E-state index in [1.807, 2.05) is 32.0 Å². The van der Waals surface area contributed by atoms with Gasteiger partial charge >= 0.3 is 0 Å². The molecule has 5 rings (SSSR count). The van der Waals surface area contributed by atoms with Gasteiger partial charge in [0.25, 0.3) is 17.7 Å². The second-order valence-electron chi connectivity index (χ2n) is 9.30. The summed E-state index contributed by atoms with van der Waals surface area (Å²) in [6, 6.07) is 17.6. The van der Waals surface area contributed by atoms with E-state index in [0.717, 1.165) is 24.0 Å². The van der Waals surface area contributed by atoms with Gasteiger partial charge in [-0.2, -0.15) is 0 Å². The molecule has 0 saturated carbocycles. The Hall–Kier alpha value is -4.17. The smallest absolute Gasteiger partial charge is 0.262 e. The lowest BCUT2D eigenvalue weighted by Gasteiger charge is -2.17. The number of rotatable bonds is 8. The molecule has 2 aliphatic rings. The zero-order chi connectivity index (χ0) is 25.9. The number of ether oxygens (including phenoxy) is 3. The van der Waals surface area contributed by atoms with Crippen molar-refractivity contribution in [2.75, 3.05) is 25.1 Å². The van der Waals surface area contributed by atoms with Gasteiger partial charge in [-0.15, -0.1) is 0 Å². The van der Waals surface area contributed by atoms with Gasteiger partial charge in [-0.05, 0) is 74.2 Å². The van der Waals surface area contributed by atoms with Crippen LogP contribution < -0.4 is 14.8 Å². The molecule has 0 radical (unpaired) electrons. The number of nitrogens with zero attached hydrogens (tertiary/aromatic N) is 1. The Balaban J connectivity index is 1.22. The van der Waals surface area contributed by atoms with E-state index in [-0.39, 0.29) is 37.0 Å². The molecule has 1 unspecified atom stereocenters. The molecule has 8 heteroatoms. The molecule has 0 aromatic heterocycles. The predicted octanol–water partition coefficient (Wildman–Crippen LogP) is 4.89. The minimum Gasteiger partial charge on any atom is -0.483 e. The van der Waals surface area contributed by atoms with Crippen molar-refractivity contribution >= 4 is 23.4 Å². The van der Waals surface area contributed by atoms with Gasteiger partial charge < -0.3 is 19.5 Å². The van der Waals surface area contributed by atoms with E-state index in [1.54, 1.807) is 42.5 Å². The Morgan fingerprint density at radius 3 is 2.62 bits per heavy atom. The third-order valence-electron chi connectivity index (χ3n) is 6.41. The molecule has 3 amide bonds. The Bertz CT molecular complexity index is 1360. The number of benzene rings is 3. The highest BCUT2D eigenvalue weighted by Crippen LogP contribution is 2.31. The fourth-order valence-corrected chi connectivity index (χ4v) is 4.47. The van der Waals surface area contributed by atoms with E-state index >= 15 is 0 Å². The van der Waals surface area contributed by atoms with Crippen molar-refractivity contribution in [2.24, 2.45) is 0 Å². The second-order valence-corrected chi connectivity index (χ2v) is 9.30. The number of hydrogen-bond acceptors (Lipinski definition) is 6. The third-order valence-corrected chi connectivity index (χ3v) is 6.41. The summed E-state index contributed by atoms with van der Waals surface area (Å²) in [5.41, 5.74) is 3.23. The average Bonchev–Trinajstić information content (AvgIpc) is 3.48. The molecule has 2 aliphatic heterocycles. The molecule has 0 spiro atoms. The number of amides is 3. The average molecular weight is 501 g/mol. The standard InChI is InChI=1S/C29H28N2O6/c1-18-8-9-19(2)26(13-18)36-17-27(32)30-20-5-3-6-21(14-20)37-22-10-11-24-25(15-22)29(34)31(28(24)33)16-23-7-4-12-35-23/h3,5-6,8-11,13-15,23H,4,7,12,16-17H2,1-2H3,(H,30,32). The molecule has 1 saturated heterocycles. The zero-order valence-electron chi connectivity index (χ0n) is 20.8. The Morgan fingerprint density at radius 1 is 1.00 bits per heavy atom. The number of fused-ring (bicyclic) bond motifs is 1. The highest BCUT2D eigenvalue weighted by atomic mass is 16.5. The van der Waals surface area contributed by atoms with Gasteiger partial charge in [0, 0.05) is 18.4 Å². The number of imide groups is 1. The van der Waals surface area contributed by atoms with E-state index in [9.17, 15) is 14.4 Å². The van der Waals surface area contributed by atoms with Crippen molar-refractivity contribution in [1.82, 2.24) is 4.90 Å². The normalized spacial score (nSPS) is 16.6. The first-order valence-electron chi connectivity index (χ1n) is 12.3. The molecule has 0 bridgehead atoms. The molecule has 1 atom stereocenters. The molecule has 37 heavy (non-hydrogen) atoms. The van der Waals surface area contributed by atoms with E-state index in [4.69, 9.17) is 14.2 Å². The molecule has 1 N–H and O–H groups in total. The molecule has 0 aliphatic carbocycles. The SMILES string of the molecule is Cc1ccc(C)c(OCC(=O)Nc2cccc(Oc3ccc4c(c3)C(=O)N(CC3CCCO3)C4=O)c2)c1. The first-order valence-corrected chi connectivity index (χ1v) is 12.3. The van der Waals surface area contributed by atoms with Crippen LogP contribution in [-0.2, 0) is 9.53 Å². The maximum Gasteiger partial charge on any atom is 0.262 e. The summed E-state index contributed by atoms with van der Waals surface area (Å²) < 4.78 is 17.2. The maximum atomic E-state index is 12.9. The van der Waals surface area contributed by atoms with Crippen LogP contribution in [0.5, 0.6) is 17.2 Å². The van der Waals surface area contributed by atoms with Crippen LogP contribution in [0.15, 0.2) is 60.7 Å². The Kier molecular flexibility index (Phi) is 6.92. The summed E-state index contributed by atoms with van der Waals surface area (Å²) in [7, 11) is 0. The van der Waals surface area contributed by atoms with Gasteiger partial charge in [0.15, 0.2) is 6.61 Å². The van der Waals surface area contributed by atoms with Crippen molar-refractivity contribution in [3.63, 3.8) is 0 Å². The summed E-state index contributed by atoms with van der Waals surface area (Å²) in [5.74, 6) is 0.611. The molecule has 8 nitrogen and oxygen atoms in total. The maximum absolute atomic E-state index is 12.9. The largest absolute Gasteiger partial charge is 0.483 e. The Morgan fingerprint density at radius 2 is 1.81 bits per heavy atom. The number of anilines is 1. The Labute approximate surface area is 215 Å². The van der Waals surface area contributed by atoms with Crippen molar-refractivity contribution in [3.05, 3.63) is 82.9 Å². The molecular formula is C29H28N2O6. The van der Waals surface area contributed by atoms with Crippen molar-refractivity contribution in [3.8, 4) is 17.2 Å². The van der Waals surface area contributed by atoms with Gasteiger partial charge in [0.2, 0.25) is 0 Å². The summed E-state index contributed by atoms with van der Waals surface area (Å²) in [6.45, 7) is 4.69. The highest BCUT2D eigenvalue weighted by Gasteiger charge is 2.37. The molecule has 2 heterocycles. The topological polar surface area (TPSA) is 94.2 Å². The highest BCUT2D eigenvalue weighted by molar-refractivity contribution is 6.21. The first kappa shape index (κ1) is 24.5. The first-order chi connectivity index (χ1) is 17.9. The monoisotopic (exact) mass is 500 g/mol. The molecule has 3 aromatic rings. The lowest BCUT2D eigenvalue weighted by molar-refractivity contribution is -0.118. The molecular weight excluding hydrogens is 472 g/mol. The number of carbonyl (C=O) groups excluding carboxylic acids is 3.